The molecule has 20 heavy (non-hydrogen) atoms. The Morgan fingerprint density at radius 1 is 1.55 bits per heavy atom. The molecule has 1 saturated heterocycles. The number of aromatic nitrogens is 1. The highest BCUT2D eigenvalue weighted by atomic mass is 16.5. The number of pyridine rings is 1. The smallest absolute Gasteiger partial charge is 0.308 e. The molecule has 6 nitrogen and oxygen atoms in total. The maximum atomic E-state index is 12.5. The quantitative estimate of drug-likeness (QED) is 0.901. The molecule has 1 amide bonds. The van der Waals surface area contributed by atoms with Crippen molar-refractivity contribution in [3.8, 4) is 5.88 Å². The number of carbonyl (C=O) groups excluding carboxylic acids is 1. The van der Waals surface area contributed by atoms with Gasteiger partial charge in [-0.1, -0.05) is 0 Å². The Morgan fingerprint density at radius 2 is 2.35 bits per heavy atom. The largest absolute Gasteiger partial charge is 0.481 e. The summed E-state index contributed by atoms with van der Waals surface area (Å²) in [5.74, 6) is -1.25. The fourth-order valence-corrected chi connectivity index (χ4v) is 2.34. The maximum Gasteiger partial charge on any atom is 0.308 e. The maximum absolute atomic E-state index is 12.5. The normalized spacial score (nSPS) is 18.6. The minimum absolute atomic E-state index is 0.215. The van der Waals surface area contributed by atoms with Crippen LogP contribution in [-0.4, -0.2) is 46.6 Å². The first-order valence-electron chi connectivity index (χ1n) is 6.73. The lowest BCUT2D eigenvalue weighted by atomic mass is 9.98. The topological polar surface area (TPSA) is 79.7 Å². The van der Waals surface area contributed by atoms with E-state index in [-0.39, 0.29) is 12.5 Å². The zero-order valence-electron chi connectivity index (χ0n) is 11.4. The second kappa shape index (κ2) is 6.36. The van der Waals surface area contributed by atoms with Crippen LogP contribution in [0.2, 0.25) is 0 Å². The minimum atomic E-state index is -0.848. The van der Waals surface area contributed by atoms with E-state index in [1.165, 1.54) is 0 Å². The second-order valence-electron chi connectivity index (χ2n) is 4.72. The highest BCUT2D eigenvalue weighted by Crippen LogP contribution is 2.22. The molecule has 6 heteroatoms. The summed E-state index contributed by atoms with van der Waals surface area (Å²) in [4.78, 5) is 29.2. The van der Waals surface area contributed by atoms with E-state index in [4.69, 9.17) is 9.84 Å². The summed E-state index contributed by atoms with van der Waals surface area (Å²) >= 11 is 0. The lowest BCUT2D eigenvalue weighted by Crippen LogP contribution is -2.42. The van der Waals surface area contributed by atoms with E-state index in [0.29, 0.717) is 37.4 Å². The number of hydrogen-bond acceptors (Lipinski definition) is 4. The number of piperidine rings is 1. The predicted octanol–water partition coefficient (Wildman–Crippen LogP) is 1.42. The summed E-state index contributed by atoms with van der Waals surface area (Å²) in [5.41, 5.74) is 0.389. The number of likely N-dealkylation sites (tertiary alicyclic amines) is 1. The molecule has 1 aliphatic rings. The summed E-state index contributed by atoms with van der Waals surface area (Å²) in [6.07, 6.45) is 2.88. The van der Waals surface area contributed by atoms with Crippen molar-refractivity contribution in [1.29, 1.82) is 0 Å². The van der Waals surface area contributed by atoms with Gasteiger partial charge in [0.15, 0.2) is 0 Å². The molecule has 108 valence electrons. The average molecular weight is 278 g/mol. The SMILES string of the molecule is CCOc1ncccc1C(=O)N1CCCC(C(=O)O)C1. The molecule has 1 aromatic rings. The third kappa shape index (κ3) is 3.07. The van der Waals surface area contributed by atoms with Gasteiger partial charge >= 0.3 is 5.97 Å². The zero-order chi connectivity index (χ0) is 14.5. The van der Waals surface area contributed by atoms with Crippen molar-refractivity contribution in [3.63, 3.8) is 0 Å². The third-order valence-electron chi connectivity index (χ3n) is 3.34. The molecule has 1 aliphatic heterocycles. The van der Waals surface area contributed by atoms with Crippen molar-refractivity contribution in [2.75, 3.05) is 19.7 Å². The van der Waals surface area contributed by atoms with E-state index in [1.807, 2.05) is 6.92 Å². The summed E-state index contributed by atoms with van der Waals surface area (Å²) in [6.45, 7) is 3.07. The molecular formula is C14H18N2O4. The van der Waals surface area contributed by atoms with Gasteiger partial charge in [-0.25, -0.2) is 4.98 Å². The van der Waals surface area contributed by atoms with Gasteiger partial charge in [0.2, 0.25) is 5.88 Å². The summed E-state index contributed by atoms with van der Waals surface area (Å²) < 4.78 is 5.35. The molecular weight excluding hydrogens is 260 g/mol. The molecule has 0 aliphatic carbocycles. The predicted molar refractivity (Wildman–Crippen MR) is 71.7 cm³/mol. The lowest BCUT2D eigenvalue weighted by Gasteiger charge is -2.30. The van der Waals surface area contributed by atoms with Crippen LogP contribution < -0.4 is 4.74 Å². The summed E-state index contributed by atoms with van der Waals surface area (Å²) in [6, 6.07) is 3.33. The van der Waals surface area contributed by atoms with Gasteiger partial charge in [0.1, 0.15) is 5.56 Å². The van der Waals surface area contributed by atoms with E-state index in [9.17, 15) is 9.59 Å². The van der Waals surface area contributed by atoms with Gasteiger partial charge < -0.3 is 14.7 Å². The Balaban J connectivity index is 2.16. The molecule has 1 unspecified atom stereocenters. The van der Waals surface area contributed by atoms with Crippen LogP contribution in [-0.2, 0) is 4.79 Å². The van der Waals surface area contributed by atoms with Crippen molar-refractivity contribution < 1.29 is 19.4 Å². The number of aliphatic carboxylic acids is 1. The first-order chi connectivity index (χ1) is 9.63. The molecule has 0 aromatic carbocycles. The van der Waals surface area contributed by atoms with E-state index in [2.05, 4.69) is 4.98 Å². The van der Waals surface area contributed by atoms with E-state index in [1.54, 1.807) is 23.2 Å². The summed E-state index contributed by atoms with van der Waals surface area (Å²) in [7, 11) is 0. The first kappa shape index (κ1) is 14.3. The number of amides is 1. The Labute approximate surface area is 117 Å². The number of carboxylic acid groups (broad SMARTS) is 1. The number of carboxylic acids is 1. The Hall–Kier alpha value is -2.11. The molecule has 0 spiro atoms. The molecule has 1 atom stereocenters. The van der Waals surface area contributed by atoms with Crippen molar-refractivity contribution in [1.82, 2.24) is 9.88 Å². The molecule has 1 aromatic heterocycles. The van der Waals surface area contributed by atoms with Crippen LogP contribution in [0.25, 0.3) is 0 Å². The van der Waals surface area contributed by atoms with Crippen LogP contribution in [0.3, 0.4) is 0 Å². The van der Waals surface area contributed by atoms with Crippen LogP contribution >= 0.6 is 0 Å². The van der Waals surface area contributed by atoms with Crippen molar-refractivity contribution in [2.45, 2.75) is 19.8 Å². The van der Waals surface area contributed by atoms with Crippen LogP contribution in [0.15, 0.2) is 18.3 Å². The van der Waals surface area contributed by atoms with Crippen LogP contribution in [0.4, 0.5) is 0 Å². The first-order valence-corrected chi connectivity index (χ1v) is 6.73. The zero-order valence-corrected chi connectivity index (χ0v) is 11.4. The van der Waals surface area contributed by atoms with Gasteiger partial charge in [0, 0.05) is 19.3 Å². The molecule has 1 N–H and O–H groups in total. The second-order valence-corrected chi connectivity index (χ2v) is 4.72. The highest BCUT2D eigenvalue weighted by Gasteiger charge is 2.29. The number of ether oxygens (including phenoxy) is 1. The molecule has 2 rings (SSSR count). The molecule has 1 fully saturated rings. The Kier molecular flexibility index (Phi) is 4.55. The summed E-state index contributed by atoms with van der Waals surface area (Å²) in [5, 5.41) is 9.07. The number of rotatable bonds is 4. The number of carbonyl (C=O) groups is 2. The standard InChI is InChI=1S/C14H18N2O4/c1-2-20-12-11(6-3-7-15-12)13(17)16-8-4-5-10(9-16)14(18)19/h3,6-7,10H,2,4-5,8-9H2,1H3,(H,18,19). The number of nitrogens with zero attached hydrogens (tertiary/aromatic N) is 2. The van der Waals surface area contributed by atoms with Gasteiger partial charge in [-0.05, 0) is 31.9 Å². The Morgan fingerprint density at radius 3 is 3.05 bits per heavy atom. The van der Waals surface area contributed by atoms with E-state index in [0.717, 1.165) is 0 Å². The molecule has 0 saturated carbocycles. The van der Waals surface area contributed by atoms with Gasteiger partial charge in [-0.3, -0.25) is 9.59 Å². The van der Waals surface area contributed by atoms with Gasteiger partial charge in [-0.2, -0.15) is 0 Å². The van der Waals surface area contributed by atoms with Crippen LogP contribution in [0.1, 0.15) is 30.1 Å². The van der Waals surface area contributed by atoms with Crippen molar-refractivity contribution >= 4 is 11.9 Å². The van der Waals surface area contributed by atoms with Crippen LogP contribution in [0.5, 0.6) is 5.88 Å². The van der Waals surface area contributed by atoms with Crippen LogP contribution in [0, 0.1) is 5.92 Å². The van der Waals surface area contributed by atoms with Crippen molar-refractivity contribution in [3.05, 3.63) is 23.9 Å². The average Bonchev–Trinajstić information content (AvgIpc) is 2.47. The molecule has 2 heterocycles. The van der Waals surface area contributed by atoms with Gasteiger partial charge in [0.05, 0.1) is 12.5 Å². The fourth-order valence-electron chi connectivity index (χ4n) is 2.34. The lowest BCUT2D eigenvalue weighted by molar-refractivity contribution is -0.143. The fraction of sp³-hybridized carbons (Fsp3) is 0.500. The van der Waals surface area contributed by atoms with E-state index >= 15 is 0 Å². The Bertz CT molecular complexity index is 504. The van der Waals surface area contributed by atoms with E-state index < -0.39 is 11.9 Å². The van der Waals surface area contributed by atoms with Gasteiger partial charge in [0.25, 0.3) is 5.91 Å². The molecule has 0 radical (unpaired) electrons. The van der Waals surface area contributed by atoms with Crippen molar-refractivity contribution in [2.24, 2.45) is 5.92 Å². The minimum Gasteiger partial charge on any atom is -0.481 e. The number of hydrogen-bond donors (Lipinski definition) is 1. The third-order valence-corrected chi connectivity index (χ3v) is 3.34. The molecule has 0 bridgehead atoms. The monoisotopic (exact) mass is 278 g/mol. The highest BCUT2D eigenvalue weighted by molar-refractivity contribution is 5.96. The van der Waals surface area contributed by atoms with Gasteiger partial charge in [-0.15, -0.1) is 0 Å².